The van der Waals surface area contributed by atoms with Crippen LogP contribution < -0.4 is 0 Å². The van der Waals surface area contributed by atoms with Crippen LogP contribution in [-0.2, 0) is 4.57 Å². The minimum absolute atomic E-state index is 0.405. The molecule has 0 spiro atoms. The van der Waals surface area contributed by atoms with E-state index < -0.39 is 13.9 Å². The van der Waals surface area contributed by atoms with Crippen LogP contribution in [0.4, 0.5) is 0 Å². The Bertz CT molecular complexity index is 181. The summed E-state index contributed by atoms with van der Waals surface area (Å²) >= 11 is 0. The molecule has 0 amide bonds. The maximum Gasteiger partial charge on any atom is 0.0744 e. The smallest absolute Gasteiger partial charge is 0.0744 e. The number of hydrogen-bond donors (Lipinski definition) is 1. The van der Waals surface area contributed by atoms with Crippen molar-refractivity contribution < 1.29 is 9.67 Å². The van der Waals surface area contributed by atoms with Gasteiger partial charge in [0.15, 0.2) is 0 Å². The van der Waals surface area contributed by atoms with Crippen molar-refractivity contribution in [3.63, 3.8) is 0 Å². The highest BCUT2D eigenvalue weighted by Crippen LogP contribution is 2.23. The van der Waals surface area contributed by atoms with Gasteiger partial charge in [-0.15, -0.1) is 0 Å². The van der Waals surface area contributed by atoms with E-state index in [0.717, 1.165) is 12.6 Å². The lowest BCUT2D eigenvalue weighted by Gasteiger charge is -2.04. The van der Waals surface area contributed by atoms with Crippen LogP contribution in [0.5, 0.6) is 0 Å². The molecule has 0 bridgehead atoms. The average molecular weight is 261 g/mol. The monoisotopic (exact) mass is 261 g/mol. The van der Waals surface area contributed by atoms with Gasteiger partial charge in [0.2, 0.25) is 0 Å². The van der Waals surface area contributed by atoms with E-state index in [9.17, 15) is 4.57 Å². The Morgan fingerprint density at radius 3 is 1.88 bits per heavy atom. The average Bonchev–Trinajstić information content (AvgIpc) is 2.26. The highest BCUT2D eigenvalue weighted by atomic mass is 31.1. The summed E-state index contributed by atoms with van der Waals surface area (Å²) in [5, 5.41) is 9.08. The van der Waals surface area contributed by atoms with Crippen LogP contribution in [0, 0.1) is 0 Å². The summed E-state index contributed by atoms with van der Waals surface area (Å²) < 4.78 is 11.4. The second-order valence-corrected chi connectivity index (χ2v) is 6.84. The van der Waals surface area contributed by atoms with E-state index in [4.69, 9.17) is 5.11 Å². The highest BCUT2D eigenvalue weighted by Gasteiger charge is 2.04. The molecule has 0 aromatic heterocycles. The Morgan fingerprint density at radius 2 is 1.41 bits per heavy atom. The van der Waals surface area contributed by atoms with Crippen LogP contribution in [0.25, 0.3) is 0 Å². The zero-order valence-electron chi connectivity index (χ0n) is 11.7. The number of aliphatic hydroxyl groups is 1. The van der Waals surface area contributed by atoms with Crippen LogP contribution >= 0.6 is 7.80 Å². The normalized spacial score (nSPS) is 13.7. The molecule has 1 N–H and O–H groups in total. The summed E-state index contributed by atoms with van der Waals surface area (Å²) in [4.78, 5) is 0. The third-order valence-corrected chi connectivity index (χ3v) is 4.73. The van der Waals surface area contributed by atoms with Crippen molar-refractivity contribution in [1.29, 1.82) is 0 Å². The standard InChI is InChI=1S/C14H30O2P/c1-3-4-5-6-7-8-9-10-11-12-17(16)13-14(2)15/h14-15H,3-13H2,1-2H3. The first-order valence-electron chi connectivity index (χ1n) is 7.27. The lowest BCUT2D eigenvalue weighted by atomic mass is 10.1. The summed E-state index contributed by atoms with van der Waals surface area (Å²) in [7, 11) is -1.15. The minimum atomic E-state index is -1.15. The molecule has 0 aromatic rings. The van der Waals surface area contributed by atoms with Gasteiger partial charge in [-0.25, -0.2) is 0 Å². The SMILES string of the molecule is CCCCCCCCCCC[P](=O)CC(C)O. The Kier molecular flexibility index (Phi) is 12.6. The third-order valence-electron chi connectivity index (χ3n) is 2.98. The Labute approximate surface area is 108 Å². The van der Waals surface area contributed by atoms with Gasteiger partial charge in [0.25, 0.3) is 0 Å². The van der Waals surface area contributed by atoms with Crippen LogP contribution in [0.1, 0.15) is 71.6 Å². The summed E-state index contributed by atoms with van der Waals surface area (Å²) in [5.41, 5.74) is 0. The van der Waals surface area contributed by atoms with Gasteiger partial charge in [0.05, 0.1) is 13.9 Å². The molecule has 2 unspecified atom stereocenters. The second-order valence-electron chi connectivity index (χ2n) is 5.07. The molecule has 0 aromatic carbocycles. The van der Waals surface area contributed by atoms with E-state index in [2.05, 4.69) is 6.92 Å². The molecular weight excluding hydrogens is 231 g/mol. The highest BCUT2D eigenvalue weighted by molar-refractivity contribution is 7.44. The Balaban J connectivity index is 3.10. The molecule has 17 heavy (non-hydrogen) atoms. The van der Waals surface area contributed by atoms with Gasteiger partial charge in [0.1, 0.15) is 0 Å². The molecule has 0 saturated carbocycles. The first-order valence-corrected chi connectivity index (χ1v) is 8.90. The molecule has 2 atom stereocenters. The zero-order valence-corrected chi connectivity index (χ0v) is 12.6. The Hall–Kier alpha value is 0.0600. The molecule has 0 fully saturated rings. The van der Waals surface area contributed by atoms with E-state index in [-0.39, 0.29) is 0 Å². The number of unbranched alkanes of at least 4 members (excludes halogenated alkanes) is 8. The lowest BCUT2D eigenvalue weighted by Crippen LogP contribution is -2.03. The van der Waals surface area contributed by atoms with Crippen LogP contribution in [0.2, 0.25) is 0 Å². The van der Waals surface area contributed by atoms with E-state index in [1.807, 2.05) is 0 Å². The fourth-order valence-electron chi connectivity index (χ4n) is 1.98. The van der Waals surface area contributed by atoms with Gasteiger partial charge in [0, 0.05) is 12.3 Å². The predicted molar refractivity (Wildman–Crippen MR) is 76.2 cm³/mol. The van der Waals surface area contributed by atoms with Gasteiger partial charge >= 0.3 is 0 Å². The first kappa shape index (κ1) is 17.1. The van der Waals surface area contributed by atoms with Crippen LogP contribution in [0.3, 0.4) is 0 Å². The van der Waals surface area contributed by atoms with Gasteiger partial charge in [-0.05, 0) is 13.3 Å². The molecule has 0 saturated heterocycles. The van der Waals surface area contributed by atoms with Crippen LogP contribution in [0.15, 0.2) is 0 Å². The third kappa shape index (κ3) is 14.0. The van der Waals surface area contributed by atoms with Gasteiger partial charge < -0.3 is 5.11 Å². The molecule has 0 aliphatic rings. The summed E-state index contributed by atoms with van der Waals surface area (Å²) in [6.07, 6.45) is 12.6. The second kappa shape index (κ2) is 12.5. The topological polar surface area (TPSA) is 37.3 Å². The summed E-state index contributed by atoms with van der Waals surface area (Å²) in [5.74, 6) is 0. The van der Waals surface area contributed by atoms with E-state index in [1.54, 1.807) is 6.92 Å². The lowest BCUT2D eigenvalue weighted by molar-refractivity contribution is 0.218. The van der Waals surface area contributed by atoms with Gasteiger partial charge in [-0.2, -0.15) is 0 Å². The largest absolute Gasteiger partial charge is 0.393 e. The van der Waals surface area contributed by atoms with Gasteiger partial charge in [-0.1, -0.05) is 58.3 Å². The van der Waals surface area contributed by atoms with Crippen molar-refractivity contribution in [1.82, 2.24) is 0 Å². The fraction of sp³-hybridized carbons (Fsp3) is 1.00. The molecule has 0 aliphatic carbocycles. The fourth-order valence-corrected chi connectivity index (χ4v) is 3.33. The molecule has 0 aliphatic heterocycles. The van der Waals surface area contributed by atoms with Crippen molar-refractivity contribution in [2.75, 3.05) is 12.3 Å². The number of hydrogen-bond acceptors (Lipinski definition) is 2. The summed E-state index contributed by atoms with van der Waals surface area (Å²) in [6, 6.07) is 0. The Morgan fingerprint density at radius 1 is 0.941 bits per heavy atom. The van der Waals surface area contributed by atoms with E-state index in [0.29, 0.717) is 6.16 Å². The molecule has 3 heteroatoms. The van der Waals surface area contributed by atoms with Crippen molar-refractivity contribution in [3.8, 4) is 0 Å². The maximum atomic E-state index is 11.4. The van der Waals surface area contributed by atoms with Crippen molar-refractivity contribution in [3.05, 3.63) is 0 Å². The first-order chi connectivity index (χ1) is 8.16. The van der Waals surface area contributed by atoms with Gasteiger partial charge in [-0.3, -0.25) is 4.57 Å². The number of aliphatic hydroxyl groups excluding tert-OH is 1. The maximum absolute atomic E-state index is 11.4. The molecular formula is C14H30O2P. The van der Waals surface area contributed by atoms with Crippen molar-refractivity contribution in [2.45, 2.75) is 77.7 Å². The van der Waals surface area contributed by atoms with E-state index in [1.165, 1.54) is 51.4 Å². The number of rotatable bonds is 12. The summed E-state index contributed by atoms with van der Waals surface area (Å²) in [6.45, 7) is 3.96. The van der Waals surface area contributed by atoms with Crippen molar-refractivity contribution >= 4 is 7.80 Å². The van der Waals surface area contributed by atoms with Crippen LogP contribution in [-0.4, -0.2) is 23.5 Å². The molecule has 0 rings (SSSR count). The van der Waals surface area contributed by atoms with E-state index >= 15 is 0 Å². The zero-order chi connectivity index (χ0) is 12.9. The van der Waals surface area contributed by atoms with Crippen molar-refractivity contribution in [2.24, 2.45) is 0 Å². The quantitative estimate of drug-likeness (QED) is 0.407. The predicted octanol–water partition coefficient (Wildman–Crippen LogP) is 4.73. The molecule has 1 radical (unpaired) electrons. The molecule has 103 valence electrons. The minimum Gasteiger partial charge on any atom is -0.393 e. The molecule has 2 nitrogen and oxygen atoms in total. The molecule has 0 heterocycles.